The Kier molecular flexibility index (Phi) is 7.55. The van der Waals surface area contributed by atoms with Crippen LogP contribution in [0.25, 0.3) is 0 Å². The lowest BCUT2D eigenvalue weighted by atomic mass is 9.88. The van der Waals surface area contributed by atoms with Crippen LogP contribution in [-0.2, 0) is 16.3 Å². The second kappa shape index (κ2) is 11.3. The second-order valence-corrected chi connectivity index (χ2v) is 13.1. The van der Waals surface area contributed by atoms with Crippen molar-refractivity contribution in [2.75, 3.05) is 33.0 Å². The molecule has 6 rings (SSSR count). The van der Waals surface area contributed by atoms with Gasteiger partial charge in [-0.1, -0.05) is 30.3 Å². The molecule has 0 atom stereocenters. The Balaban J connectivity index is 0.991. The van der Waals surface area contributed by atoms with E-state index in [2.05, 4.69) is 4.90 Å². The van der Waals surface area contributed by atoms with Crippen LogP contribution in [0.4, 0.5) is 0 Å². The molecule has 40 heavy (non-hydrogen) atoms. The number of hydrogen-bond donors (Lipinski definition) is 0. The Morgan fingerprint density at radius 2 is 1.50 bits per heavy atom. The van der Waals surface area contributed by atoms with Gasteiger partial charge in [-0.15, -0.1) is 0 Å². The van der Waals surface area contributed by atoms with Gasteiger partial charge in [0.25, 0.3) is 5.91 Å². The molecular formula is C32H36N2O5S. The molecule has 0 bridgehead atoms. The summed E-state index contributed by atoms with van der Waals surface area (Å²) in [4.78, 5) is 18.1. The number of carbonyl (C=O) groups is 1. The molecule has 7 nitrogen and oxygen atoms in total. The first kappa shape index (κ1) is 26.8. The topological polar surface area (TPSA) is 76.2 Å². The van der Waals surface area contributed by atoms with Crippen LogP contribution in [0.3, 0.4) is 0 Å². The molecule has 0 saturated carbocycles. The van der Waals surface area contributed by atoms with E-state index in [1.165, 1.54) is 11.6 Å². The molecule has 1 amide bonds. The molecule has 0 N–H and O–H groups in total. The summed E-state index contributed by atoms with van der Waals surface area (Å²) in [5.74, 6) is 1.78. The molecule has 210 valence electrons. The summed E-state index contributed by atoms with van der Waals surface area (Å²) >= 11 is 0. The standard InChI is InChI=1S/C32H36N2O5S/c1-23-4-2-3-5-29(23)32(35)34-18-14-26(15-19-34)33-16-12-25(13-17-33)20-24-6-8-27(9-7-24)40(36,37)28-10-11-30-31(21-28)39-22-38-30/h2-11,21,25-26H,12-20,22H2,1H3. The van der Waals surface area contributed by atoms with E-state index >= 15 is 0 Å². The first-order valence-corrected chi connectivity index (χ1v) is 15.7. The van der Waals surface area contributed by atoms with Crippen LogP contribution in [0.1, 0.15) is 47.2 Å². The second-order valence-electron chi connectivity index (χ2n) is 11.2. The molecule has 3 heterocycles. The Morgan fingerprint density at radius 3 is 2.23 bits per heavy atom. The predicted octanol–water partition coefficient (Wildman–Crippen LogP) is 5.12. The highest BCUT2D eigenvalue weighted by atomic mass is 32.2. The van der Waals surface area contributed by atoms with Crippen LogP contribution in [0, 0.1) is 12.8 Å². The first-order chi connectivity index (χ1) is 19.4. The number of benzene rings is 3. The zero-order valence-electron chi connectivity index (χ0n) is 22.9. The Bertz CT molecular complexity index is 1470. The lowest BCUT2D eigenvalue weighted by molar-refractivity contribution is 0.0551. The molecule has 0 aromatic heterocycles. The lowest BCUT2D eigenvalue weighted by Crippen LogP contribution is -2.49. The molecule has 0 aliphatic carbocycles. The third kappa shape index (κ3) is 5.47. The van der Waals surface area contributed by atoms with Crippen molar-refractivity contribution >= 4 is 15.7 Å². The zero-order valence-corrected chi connectivity index (χ0v) is 23.7. The molecule has 3 aromatic carbocycles. The highest BCUT2D eigenvalue weighted by molar-refractivity contribution is 7.91. The van der Waals surface area contributed by atoms with Crippen LogP contribution >= 0.6 is 0 Å². The van der Waals surface area contributed by atoms with Crippen molar-refractivity contribution in [3.05, 3.63) is 83.4 Å². The highest BCUT2D eigenvalue weighted by Gasteiger charge is 2.30. The largest absolute Gasteiger partial charge is 0.454 e. The van der Waals surface area contributed by atoms with E-state index in [1.54, 1.807) is 24.3 Å². The number of likely N-dealkylation sites (tertiary alicyclic amines) is 2. The number of hydrogen-bond acceptors (Lipinski definition) is 6. The quantitative estimate of drug-likeness (QED) is 0.417. The minimum atomic E-state index is -3.62. The molecule has 0 spiro atoms. The van der Waals surface area contributed by atoms with E-state index in [0.29, 0.717) is 23.5 Å². The number of sulfone groups is 1. The summed E-state index contributed by atoms with van der Waals surface area (Å²) in [5.41, 5.74) is 3.03. The first-order valence-electron chi connectivity index (χ1n) is 14.2. The smallest absolute Gasteiger partial charge is 0.254 e. The van der Waals surface area contributed by atoms with Gasteiger partial charge in [-0.2, -0.15) is 0 Å². The van der Waals surface area contributed by atoms with E-state index in [-0.39, 0.29) is 22.5 Å². The fourth-order valence-electron chi connectivity index (χ4n) is 6.26. The van der Waals surface area contributed by atoms with Gasteiger partial charge < -0.3 is 19.3 Å². The summed E-state index contributed by atoms with van der Waals surface area (Å²) in [5, 5.41) is 0. The van der Waals surface area contributed by atoms with Crippen LogP contribution in [0.2, 0.25) is 0 Å². The van der Waals surface area contributed by atoms with Gasteiger partial charge in [-0.05, 0) is 99.5 Å². The van der Waals surface area contributed by atoms with E-state index in [9.17, 15) is 13.2 Å². The molecule has 3 aromatic rings. The van der Waals surface area contributed by atoms with Crippen LogP contribution < -0.4 is 9.47 Å². The Labute approximate surface area is 236 Å². The van der Waals surface area contributed by atoms with Gasteiger partial charge in [-0.25, -0.2) is 8.42 Å². The third-order valence-corrected chi connectivity index (χ3v) is 10.5. The maximum absolute atomic E-state index is 13.1. The van der Waals surface area contributed by atoms with Gasteiger partial charge >= 0.3 is 0 Å². The van der Waals surface area contributed by atoms with E-state index in [0.717, 1.165) is 69.4 Å². The minimum absolute atomic E-state index is 0.112. The van der Waals surface area contributed by atoms with E-state index in [1.807, 2.05) is 48.2 Å². The summed E-state index contributed by atoms with van der Waals surface area (Å²) in [6.45, 7) is 5.91. The number of rotatable bonds is 6. The number of fused-ring (bicyclic) bond motifs is 1. The van der Waals surface area contributed by atoms with Gasteiger partial charge in [0.15, 0.2) is 11.5 Å². The molecule has 0 radical (unpaired) electrons. The van der Waals surface area contributed by atoms with Gasteiger partial charge in [0.2, 0.25) is 16.6 Å². The normalized spacial score (nSPS) is 18.7. The summed E-state index contributed by atoms with van der Waals surface area (Å²) in [6.07, 6.45) is 5.30. The Morgan fingerprint density at radius 1 is 0.825 bits per heavy atom. The van der Waals surface area contributed by atoms with Crippen LogP contribution in [0.5, 0.6) is 11.5 Å². The average molecular weight is 561 g/mol. The third-order valence-electron chi connectivity index (χ3n) is 8.71. The number of nitrogens with zero attached hydrogens (tertiary/aromatic N) is 2. The van der Waals surface area contributed by atoms with E-state index in [4.69, 9.17) is 9.47 Å². The fraction of sp³-hybridized carbons (Fsp3) is 0.406. The van der Waals surface area contributed by atoms with Gasteiger partial charge in [0.05, 0.1) is 9.79 Å². The molecule has 2 fully saturated rings. The SMILES string of the molecule is Cc1ccccc1C(=O)N1CCC(N2CCC(Cc3ccc(S(=O)(=O)c4ccc5c(c4)OCO5)cc3)CC2)CC1. The minimum Gasteiger partial charge on any atom is -0.454 e. The highest BCUT2D eigenvalue weighted by Crippen LogP contribution is 2.35. The van der Waals surface area contributed by atoms with Gasteiger partial charge in [-0.3, -0.25) is 4.79 Å². The molecule has 3 aliphatic rings. The van der Waals surface area contributed by atoms with Gasteiger partial charge in [0, 0.05) is 30.8 Å². The molecule has 8 heteroatoms. The summed E-state index contributed by atoms with van der Waals surface area (Å²) in [7, 11) is -3.62. The van der Waals surface area contributed by atoms with Crippen molar-refractivity contribution in [3.8, 4) is 11.5 Å². The molecular weight excluding hydrogens is 524 g/mol. The van der Waals surface area contributed by atoms with Crippen molar-refractivity contribution in [3.63, 3.8) is 0 Å². The maximum Gasteiger partial charge on any atom is 0.254 e. The number of carbonyl (C=O) groups excluding carboxylic acids is 1. The zero-order chi connectivity index (χ0) is 27.7. The van der Waals surface area contributed by atoms with E-state index < -0.39 is 9.84 Å². The number of piperidine rings is 2. The lowest BCUT2D eigenvalue weighted by Gasteiger charge is -2.42. The van der Waals surface area contributed by atoms with Crippen LogP contribution in [-0.4, -0.2) is 63.1 Å². The average Bonchev–Trinajstić information content (AvgIpc) is 3.46. The number of ether oxygens (including phenoxy) is 2. The molecule has 2 saturated heterocycles. The van der Waals surface area contributed by atoms with Gasteiger partial charge in [0.1, 0.15) is 0 Å². The number of aryl methyl sites for hydroxylation is 1. The fourth-order valence-corrected chi connectivity index (χ4v) is 7.53. The molecule has 3 aliphatic heterocycles. The number of amides is 1. The van der Waals surface area contributed by atoms with Crippen molar-refractivity contribution in [1.82, 2.24) is 9.80 Å². The van der Waals surface area contributed by atoms with Crippen molar-refractivity contribution in [1.29, 1.82) is 0 Å². The predicted molar refractivity (Wildman–Crippen MR) is 153 cm³/mol. The van der Waals surface area contributed by atoms with Crippen molar-refractivity contribution in [2.24, 2.45) is 5.92 Å². The van der Waals surface area contributed by atoms with Crippen LogP contribution in [0.15, 0.2) is 76.5 Å². The van der Waals surface area contributed by atoms with Crippen molar-refractivity contribution < 1.29 is 22.7 Å². The van der Waals surface area contributed by atoms with Crippen molar-refractivity contribution in [2.45, 2.75) is 54.9 Å². The molecule has 0 unspecified atom stereocenters. The monoisotopic (exact) mass is 560 g/mol. The maximum atomic E-state index is 13.1. The Hall–Kier alpha value is -3.36. The summed E-state index contributed by atoms with van der Waals surface area (Å²) in [6, 6.07) is 20.5. The summed E-state index contributed by atoms with van der Waals surface area (Å²) < 4.78 is 36.9.